The fourth-order valence-corrected chi connectivity index (χ4v) is 0.470. The summed E-state index contributed by atoms with van der Waals surface area (Å²) in [6, 6.07) is -0.277. The van der Waals surface area contributed by atoms with E-state index in [1.165, 1.54) is 7.05 Å². The van der Waals surface area contributed by atoms with E-state index >= 15 is 0 Å². The predicted molar refractivity (Wildman–Crippen MR) is 43.9 cm³/mol. The summed E-state index contributed by atoms with van der Waals surface area (Å²) in [4.78, 5) is 14.2. The van der Waals surface area contributed by atoms with E-state index < -0.39 is 0 Å². The number of hydrogen-bond donors (Lipinski definition) is 5. The van der Waals surface area contributed by atoms with Gasteiger partial charge in [-0.05, 0) is 0 Å². The van der Waals surface area contributed by atoms with Crippen LogP contribution in [-0.2, 0) is 0 Å². The van der Waals surface area contributed by atoms with E-state index in [-0.39, 0.29) is 12.0 Å². The monoisotopic (exact) mass is 175 g/mol. The highest BCUT2D eigenvalue weighted by molar-refractivity contribution is 5.76. The zero-order valence-corrected chi connectivity index (χ0v) is 6.79. The number of aliphatic imine (C=N–C) groups is 1. The van der Waals surface area contributed by atoms with E-state index in [0.29, 0.717) is 13.1 Å². The first-order chi connectivity index (χ1) is 5.70. The molecule has 0 aromatic heterocycles. The Morgan fingerprint density at radius 3 is 2.83 bits per heavy atom. The van der Waals surface area contributed by atoms with Gasteiger partial charge in [0.25, 0.3) is 0 Å². The molecule has 0 bridgehead atoms. The van der Waals surface area contributed by atoms with Crippen molar-refractivity contribution in [2.75, 3.05) is 20.1 Å². The molecule has 0 spiro atoms. The summed E-state index contributed by atoms with van der Waals surface area (Å²) in [6.07, 6.45) is 0. The van der Waals surface area contributed by atoms with Gasteiger partial charge < -0.3 is 16.4 Å². The molecule has 0 atom stereocenters. The smallest absolute Gasteiger partial charge is 0.314 e. The molecule has 12 heavy (non-hydrogen) atoms. The molecule has 2 amide bonds. The first-order valence-corrected chi connectivity index (χ1v) is 3.36. The van der Waals surface area contributed by atoms with Gasteiger partial charge in [0.2, 0.25) is 5.96 Å². The van der Waals surface area contributed by atoms with Crippen LogP contribution >= 0.6 is 0 Å². The van der Waals surface area contributed by atoms with E-state index in [0.717, 1.165) is 0 Å². The molecule has 0 aromatic carbocycles. The second-order valence-electron chi connectivity index (χ2n) is 1.88. The fraction of sp³-hybridized carbons (Fsp3) is 0.600. The van der Waals surface area contributed by atoms with Gasteiger partial charge in [0.1, 0.15) is 0 Å². The molecule has 0 saturated heterocycles. The maximum atomic E-state index is 10.6. The molecule has 0 aromatic rings. The van der Waals surface area contributed by atoms with Crippen LogP contribution in [0.1, 0.15) is 0 Å². The van der Waals surface area contributed by atoms with Gasteiger partial charge in [0.15, 0.2) is 0 Å². The molecule has 0 heterocycles. The van der Waals surface area contributed by atoms with Crippen LogP contribution in [0.5, 0.6) is 0 Å². The van der Waals surface area contributed by atoms with Crippen molar-refractivity contribution in [1.29, 1.82) is 0 Å². The third-order valence-corrected chi connectivity index (χ3v) is 1.02. The lowest BCUT2D eigenvalue weighted by atomic mass is 10.6. The van der Waals surface area contributed by atoms with Crippen LogP contribution < -0.4 is 21.8 Å². The van der Waals surface area contributed by atoms with E-state index in [2.05, 4.69) is 15.6 Å². The second kappa shape index (κ2) is 6.23. The molecule has 70 valence electrons. The topological polar surface area (TPSA) is 112 Å². The zero-order chi connectivity index (χ0) is 9.40. The molecule has 0 saturated carbocycles. The number of carbonyl (C=O) groups is 1. The van der Waals surface area contributed by atoms with Gasteiger partial charge in [0.05, 0.1) is 6.54 Å². The number of hydrogen-bond acceptors (Lipinski definition) is 3. The molecule has 0 aliphatic carbocycles. The lowest BCUT2D eigenvalue weighted by molar-refractivity contribution is 0.232. The average molecular weight is 175 g/mol. The highest BCUT2D eigenvalue weighted by atomic mass is 16.5. The number of urea groups is 1. The third-order valence-electron chi connectivity index (χ3n) is 1.02. The largest absolute Gasteiger partial charge is 0.368 e. The van der Waals surface area contributed by atoms with Gasteiger partial charge >= 0.3 is 6.03 Å². The van der Waals surface area contributed by atoms with Gasteiger partial charge in [-0.15, -0.1) is 0 Å². The maximum absolute atomic E-state index is 10.6. The summed E-state index contributed by atoms with van der Waals surface area (Å²) in [6.45, 7) is 0.675. The second-order valence-corrected chi connectivity index (χ2v) is 1.88. The minimum absolute atomic E-state index is 0.0753. The van der Waals surface area contributed by atoms with Crippen molar-refractivity contribution >= 4 is 12.0 Å². The summed E-state index contributed by atoms with van der Waals surface area (Å²) >= 11 is 0. The van der Waals surface area contributed by atoms with Crippen LogP contribution in [0.3, 0.4) is 0 Å². The van der Waals surface area contributed by atoms with E-state index in [9.17, 15) is 4.79 Å². The molecule has 0 fully saturated rings. The fourth-order valence-electron chi connectivity index (χ4n) is 0.470. The van der Waals surface area contributed by atoms with Crippen LogP contribution in [0.2, 0.25) is 0 Å². The van der Waals surface area contributed by atoms with Crippen LogP contribution in [0, 0.1) is 0 Å². The predicted octanol–water partition coefficient (Wildman–Crippen LogP) is -1.79. The first-order valence-electron chi connectivity index (χ1n) is 3.36. The SMILES string of the molecule is CNC(=O)NCCN=C(N)NO. The molecular formula is C5H13N5O2. The zero-order valence-electron chi connectivity index (χ0n) is 6.79. The van der Waals surface area contributed by atoms with Gasteiger partial charge in [-0.1, -0.05) is 0 Å². The molecule has 0 unspecified atom stereocenters. The van der Waals surface area contributed by atoms with E-state index in [1.54, 1.807) is 5.48 Å². The first kappa shape index (κ1) is 10.5. The number of nitrogens with one attached hydrogen (secondary N) is 3. The van der Waals surface area contributed by atoms with Gasteiger partial charge in [-0.3, -0.25) is 5.21 Å². The van der Waals surface area contributed by atoms with Crippen LogP contribution in [0.25, 0.3) is 0 Å². The number of guanidine groups is 1. The lowest BCUT2D eigenvalue weighted by Gasteiger charge is -2.01. The van der Waals surface area contributed by atoms with Crippen molar-refractivity contribution < 1.29 is 10.0 Å². The van der Waals surface area contributed by atoms with Crippen LogP contribution in [0.15, 0.2) is 4.99 Å². The molecule has 7 nitrogen and oxygen atoms in total. The Morgan fingerprint density at radius 2 is 2.33 bits per heavy atom. The Balaban J connectivity index is 3.38. The number of rotatable bonds is 3. The van der Waals surface area contributed by atoms with Gasteiger partial charge in [-0.25, -0.2) is 15.3 Å². The Morgan fingerprint density at radius 1 is 1.67 bits per heavy atom. The van der Waals surface area contributed by atoms with Crippen LogP contribution in [-0.4, -0.2) is 37.3 Å². The summed E-state index contributed by atoms with van der Waals surface area (Å²) < 4.78 is 0. The highest BCUT2D eigenvalue weighted by Crippen LogP contribution is 1.68. The molecule has 7 heteroatoms. The number of hydroxylamine groups is 1. The maximum Gasteiger partial charge on any atom is 0.314 e. The van der Waals surface area contributed by atoms with Crippen LogP contribution in [0.4, 0.5) is 4.79 Å². The Kier molecular flexibility index (Phi) is 5.45. The standard InChI is InChI=1S/C5H13N5O2/c1-7-5(11)9-3-2-8-4(6)10-12/h12H,2-3H2,1H3,(H3,6,8,10)(H2,7,9,11). The summed E-state index contributed by atoms with van der Waals surface area (Å²) in [5.41, 5.74) is 6.75. The third kappa shape index (κ3) is 5.30. The van der Waals surface area contributed by atoms with Crippen molar-refractivity contribution in [2.24, 2.45) is 10.7 Å². The summed E-state index contributed by atoms with van der Waals surface area (Å²) in [5, 5.41) is 13.0. The number of carbonyl (C=O) groups excluding carboxylic acids is 1. The summed E-state index contributed by atoms with van der Waals surface area (Å²) in [5.74, 6) is -0.0753. The highest BCUT2D eigenvalue weighted by Gasteiger charge is 1.92. The van der Waals surface area contributed by atoms with Gasteiger partial charge in [0, 0.05) is 13.6 Å². The molecule has 0 rings (SSSR count). The quantitative estimate of drug-likeness (QED) is 0.151. The van der Waals surface area contributed by atoms with Gasteiger partial charge in [-0.2, -0.15) is 0 Å². The Hall–Kier alpha value is -1.50. The van der Waals surface area contributed by atoms with Crippen molar-refractivity contribution in [2.45, 2.75) is 0 Å². The number of nitrogens with zero attached hydrogens (tertiary/aromatic N) is 1. The van der Waals surface area contributed by atoms with Crippen molar-refractivity contribution in [1.82, 2.24) is 16.1 Å². The van der Waals surface area contributed by atoms with Crippen molar-refractivity contribution in [3.8, 4) is 0 Å². The number of nitrogens with two attached hydrogens (primary N) is 1. The number of amides is 2. The Bertz CT molecular complexity index is 169. The van der Waals surface area contributed by atoms with E-state index in [4.69, 9.17) is 10.9 Å². The van der Waals surface area contributed by atoms with E-state index in [1.807, 2.05) is 0 Å². The van der Waals surface area contributed by atoms with Crippen molar-refractivity contribution in [3.05, 3.63) is 0 Å². The lowest BCUT2D eigenvalue weighted by Crippen LogP contribution is -2.35. The Labute approximate surface area is 70.0 Å². The molecule has 0 aliphatic heterocycles. The molecule has 0 aliphatic rings. The minimum atomic E-state index is -0.277. The van der Waals surface area contributed by atoms with Crippen molar-refractivity contribution in [3.63, 3.8) is 0 Å². The minimum Gasteiger partial charge on any atom is -0.368 e. The summed E-state index contributed by atoms with van der Waals surface area (Å²) in [7, 11) is 1.52. The molecule has 6 N–H and O–H groups in total. The molecular weight excluding hydrogens is 162 g/mol. The molecule has 0 radical (unpaired) electrons. The average Bonchev–Trinajstić information content (AvgIpc) is 2.11. The normalized spacial score (nSPS) is 10.7.